The van der Waals surface area contributed by atoms with Crippen LogP contribution in [-0.2, 0) is 0 Å². The quantitative estimate of drug-likeness (QED) is 0.776. The minimum Gasteiger partial charge on any atom is -0.356 e. The van der Waals surface area contributed by atoms with Gasteiger partial charge in [-0.2, -0.15) is 0 Å². The highest BCUT2D eigenvalue weighted by molar-refractivity contribution is 6.36. The molecule has 1 N–H and O–H groups in total. The van der Waals surface area contributed by atoms with E-state index in [1.54, 1.807) is 6.07 Å². The van der Waals surface area contributed by atoms with Crippen molar-refractivity contribution in [2.75, 3.05) is 24.7 Å². The number of hydrogen-bond donors (Lipinski definition) is 1. The van der Waals surface area contributed by atoms with Crippen LogP contribution in [0.15, 0.2) is 18.2 Å². The predicted octanol–water partition coefficient (Wildman–Crippen LogP) is 2.36. The summed E-state index contributed by atoms with van der Waals surface area (Å²) in [5.41, 5.74) is 1.05. The zero-order chi connectivity index (χ0) is 9.26. The molecule has 70 valence electrons. The summed E-state index contributed by atoms with van der Waals surface area (Å²) in [6.07, 6.45) is 0. The molecule has 0 radical (unpaired) electrons. The van der Waals surface area contributed by atoms with E-state index < -0.39 is 0 Å². The highest BCUT2D eigenvalue weighted by Crippen LogP contribution is 2.28. The summed E-state index contributed by atoms with van der Waals surface area (Å²) in [4.78, 5) is 2.19. The van der Waals surface area contributed by atoms with Crippen LogP contribution in [-0.4, -0.2) is 19.8 Å². The fourth-order valence-corrected chi connectivity index (χ4v) is 1.98. The van der Waals surface area contributed by atoms with Gasteiger partial charge in [0.1, 0.15) is 0 Å². The van der Waals surface area contributed by atoms with Crippen molar-refractivity contribution < 1.29 is 0 Å². The van der Waals surface area contributed by atoms with Crippen LogP contribution < -0.4 is 10.2 Å². The predicted molar refractivity (Wildman–Crippen MR) is 56.7 cm³/mol. The van der Waals surface area contributed by atoms with Gasteiger partial charge in [-0.15, -0.1) is 0 Å². The van der Waals surface area contributed by atoms with Crippen molar-refractivity contribution >= 4 is 28.9 Å². The molecule has 13 heavy (non-hydrogen) atoms. The molecule has 0 atom stereocenters. The van der Waals surface area contributed by atoms with Gasteiger partial charge < -0.3 is 4.90 Å². The summed E-state index contributed by atoms with van der Waals surface area (Å²) >= 11 is 11.9. The van der Waals surface area contributed by atoms with Gasteiger partial charge in [-0.1, -0.05) is 23.2 Å². The Hall–Kier alpha value is -0.440. The van der Waals surface area contributed by atoms with Gasteiger partial charge in [-0.3, -0.25) is 5.32 Å². The van der Waals surface area contributed by atoms with E-state index in [4.69, 9.17) is 23.2 Å². The van der Waals surface area contributed by atoms with Crippen LogP contribution in [0.4, 0.5) is 5.69 Å². The lowest BCUT2D eigenvalue weighted by Crippen LogP contribution is -2.21. The topological polar surface area (TPSA) is 15.3 Å². The average Bonchev–Trinajstić information content (AvgIpc) is 2.56. The van der Waals surface area contributed by atoms with Gasteiger partial charge in [0.15, 0.2) is 0 Å². The highest BCUT2D eigenvalue weighted by atomic mass is 35.5. The lowest BCUT2D eigenvalue weighted by Gasteiger charge is -2.17. The van der Waals surface area contributed by atoms with Gasteiger partial charge in [0.25, 0.3) is 0 Å². The molecular formula is C9H10Cl2N2. The first-order valence-corrected chi connectivity index (χ1v) is 4.94. The Morgan fingerprint density at radius 1 is 1.31 bits per heavy atom. The number of halogens is 2. The van der Waals surface area contributed by atoms with Crippen LogP contribution in [0.2, 0.25) is 10.0 Å². The van der Waals surface area contributed by atoms with E-state index in [1.807, 2.05) is 12.1 Å². The van der Waals surface area contributed by atoms with E-state index in [0.29, 0.717) is 5.02 Å². The van der Waals surface area contributed by atoms with Crippen LogP contribution in [0.1, 0.15) is 0 Å². The zero-order valence-electron chi connectivity index (χ0n) is 7.06. The van der Waals surface area contributed by atoms with Crippen molar-refractivity contribution in [1.29, 1.82) is 0 Å². The van der Waals surface area contributed by atoms with Crippen LogP contribution >= 0.6 is 23.2 Å². The Labute approximate surface area is 87.4 Å². The molecular weight excluding hydrogens is 207 g/mol. The molecule has 0 saturated carbocycles. The number of benzene rings is 1. The van der Waals surface area contributed by atoms with Crippen LogP contribution in [0.5, 0.6) is 0 Å². The van der Waals surface area contributed by atoms with Crippen molar-refractivity contribution in [2.24, 2.45) is 0 Å². The van der Waals surface area contributed by atoms with Crippen molar-refractivity contribution in [1.82, 2.24) is 5.32 Å². The van der Waals surface area contributed by atoms with Gasteiger partial charge in [0.2, 0.25) is 0 Å². The zero-order valence-corrected chi connectivity index (χ0v) is 8.57. The first-order valence-electron chi connectivity index (χ1n) is 4.18. The molecule has 0 amide bonds. The summed E-state index contributed by atoms with van der Waals surface area (Å²) in [6, 6.07) is 5.59. The monoisotopic (exact) mass is 216 g/mol. The molecule has 1 aromatic carbocycles. The number of hydrogen-bond acceptors (Lipinski definition) is 2. The van der Waals surface area contributed by atoms with Crippen molar-refractivity contribution in [3.63, 3.8) is 0 Å². The van der Waals surface area contributed by atoms with Crippen molar-refractivity contribution in [3.8, 4) is 0 Å². The number of nitrogens with zero attached hydrogens (tertiary/aromatic N) is 1. The Bertz CT molecular complexity index is 308. The van der Waals surface area contributed by atoms with Crippen molar-refractivity contribution in [2.45, 2.75) is 0 Å². The molecule has 0 aromatic heterocycles. The number of anilines is 1. The largest absolute Gasteiger partial charge is 0.356 e. The molecule has 0 unspecified atom stereocenters. The van der Waals surface area contributed by atoms with Crippen LogP contribution in [0, 0.1) is 0 Å². The summed E-state index contributed by atoms with van der Waals surface area (Å²) in [7, 11) is 0. The second-order valence-electron chi connectivity index (χ2n) is 3.02. The summed E-state index contributed by atoms with van der Waals surface area (Å²) in [5, 5.41) is 4.65. The van der Waals surface area contributed by atoms with E-state index in [1.165, 1.54) is 0 Å². The number of nitrogens with one attached hydrogen (secondary N) is 1. The van der Waals surface area contributed by atoms with Gasteiger partial charge in [-0.05, 0) is 18.2 Å². The van der Waals surface area contributed by atoms with E-state index in [-0.39, 0.29) is 0 Å². The summed E-state index contributed by atoms with van der Waals surface area (Å²) in [5.74, 6) is 0. The van der Waals surface area contributed by atoms with E-state index in [9.17, 15) is 0 Å². The third-order valence-electron chi connectivity index (χ3n) is 2.11. The fourth-order valence-electron chi connectivity index (χ4n) is 1.45. The van der Waals surface area contributed by atoms with Gasteiger partial charge in [-0.25, -0.2) is 0 Å². The standard InChI is InChI=1S/C9H10Cl2N2/c10-7-1-2-9(8(11)5-7)13-4-3-12-6-13/h1-2,5,12H,3-4,6H2. The second-order valence-corrected chi connectivity index (χ2v) is 3.86. The molecule has 1 heterocycles. The van der Waals surface area contributed by atoms with Crippen LogP contribution in [0.25, 0.3) is 0 Å². The highest BCUT2D eigenvalue weighted by Gasteiger charge is 2.14. The third-order valence-corrected chi connectivity index (χ3v) is 2.65. The Morgan fingerprint density at radius 2 is 2.15 bits per heavy atom. The maximum atomic E-state index is 6.06. The van der Waals surface area contributed by atoms with Gasteiger partial charge in [0, 0.05) is 18.1 Å². The molecule has 4 heteroatoms. The molecule has 1 saturated heterocycles. The molecule has 2 nitrogen and oxygen atoms in total. The second kappa shape index (κ2) is 3.74. The number of rotatable bonds is 1. The minimum atomic E-state index is 0.681. The smallest absolute Gasteiger partial charge is 0.0683 e. The van der Waals surface area contributed by atoms with E-state index in [2.05, 4.69) is 10.2 Å². The minimum absolute atomic E-state index is 0.681. The first kappa shape index (κ1) is 9.13. The first-order chi connectivity index (χ1) is 6.27. The molecule has 0 bridgehead atoms. The molecule has 1 fully saturated rings. The van der Waals surface area contributed by atoms with Gasteiger partial charge in [0.05, 0.1) is 17.4 Å². The molecule has 2 rings (SSSR count). The maximum absolute atomic E-state index is 6.06. The summed E-state index contributed by atoms with van der Waals surface area (Å²) in [6.45, 7) is 2.88. The summed E-state index contributed by atoms with van der Waals surface area (Å²) < 4.78 is 0. The Morgan fingerprint density at radius 3 is 2.77 bits per heavy atom. The SMILES string of the molecule is Clc1ccc(N2CCNC2)c(Cl)c1. The van der Waals surface area contributed by atoms with E-state index >= 15 is 0 Å². The molecule has 1 aliphatic rings. The lowest BCUT2D eigenvalue weighted by atomic mass is 10.3. The Balaban J connectivity index is 2.29. The Kier molecular flexibility index (Phi) is 2.63. The van der Waals surface area contributed by atoms with E-state index in [0.717, 1.165) is 30.5 Å². The lowest BCUT2D eigenvalue weighted by molar-refractivity contribution is 0.855. The third kappa shape index (κ3) is 1.90. The fraction of sp³-hybridized carbons (Fsp3) is 0.333. The van der Waals surface area contributed by atoms with Crippen LogP contribution in [0.3, 0.4) is 0 Å². The normalized spacial score (nSPS) is 16.6. The van der Waals surface area contributed by atoms with Gasteiger partial charge >= 0.3 is 0 Å². The average molecular weight is 217 g/mol. The molecule has 1 aliphatic heterocycles. The molecule has 1 aromatic rings. The molecule has 0 spiro atoms. The van der Waals surface area contributed by atoms with Crippen molar-refractivity contribution in [3.05, 3.63) is 28.2 Å². The maximum Gasteiger partial charge on any atom is 0.0683 e. The molecule has 0 aliphatic carbocycles.